The van der Waals surface area contributed by atoms with Gasteiger partial charge in [-0.2, -0.15) is 0 Å². The first kappa shape index (κ1) is 13.7. The van der Waals surface area contributed by atoms with Crippen LogP contribution in [0.2, 0.25) is 0 Å². The molecule has 0 aromatic carbocycles. The van der Waals surface area contributed by atoms with Gasteiger partial charge in [0, 0.05) is 39.3 Å². The lowest BCUT2D eigenvalue weighted by molar-refractivity contribution is -0.0566. The van der Waals surface area contributed by atoms with Crippen molar-refractivity contribution in [1.82, 2.24) is 16.0 Å². The second-order valence-electron chi connectivity index (χ2n) is 2.86. The zero-order valence-corrected chi connectivity index (χ0v) is 8.42. The van der Waals surface area contributed by atoms with Gasteiger partial charge in [-0.05, 0) is 0 Å². The van der Waals surface area contributed by atoms with Crippen molar-refractivity contribution in [1.29, 1.82) is 0 Å². The Hall–Kier alpha value is -0.280. The first-order valence-corrected chi connectivity index (χ1v) is 4.76. The maximum absolute atomic E-state index is 9.90. The van der Waals surface area contributed by atoms with Crippen LogP contribution in [0.1, 0.15) is 0 Å². The zero-order valence-electron chi connectivity index (χ0n) is 8.42. The van der Waals surface area contributed by atoms with Crippen molar-refractivity contribution >= 4 is 0 Å². The highest BCUT2D eigenvalue weighted by Crippen LogP contribution is 1.86. The number of hydrogen-bond donors (Lipinski definition) is 7. The van der Waals surface area contributed by atoms with Crippen molar-refractivity contribution < 1.29 is 5.11 Å². The first-order valence-electron chi connectivity index (χ1n) is 4.76. The van der Waals surface area contributed by atoms with E-state index in [4.69, 9.17) is 17.2 Å². The van der Waals surface area contributed by atoms with Gasteiger partial charge in [-0.1, -0.05) is 0 Å². The van der Waals surface area contributed by atoms with E-state index in [2.05, 4.69) is 16.0 Å². The molecule has 0 aromatic rings. The molecule has 0 atom stereocenters. The average molecular weight is 206 g/mol. The Morgan fingerprint density at radius 3 is 1.29 bits per heavy atom. The topological polar surface area (TPSA) is 134 Å². The number of nitrogens with two attached hydrogens (primary N) is 3. The van der Waals surface area contributed by atoms with Crippen molar-refractivity contribution in [3.05, 3.63) is 0 Å². The molecule has 0 saturated heterocycles. The Labute approximate surface area is 84.4 Å². The Kier molecular flexibility index (Phi) is 7.90. The molecule has 86 valence electrons. The number of rotatable bonds is 9. The van der Waals surface area contributed by atoms with Crippen LogP contribution in [-0.2, 0) is 0 Å². The van der Waals surface area contributed by atoms with Gasteiger partial charge < -0.3 is 22.3 Å². The lowest BCUT2D eigenvalue weighted by atomic mass is 10.5. The van der Waals surface area contributed by atoms with Gasteiger partial charge in [0.15, 0.2) is 0 Å². The molecule has 0 radical (unpaired) electrons. The number of hydrogen-bond acceptors (Lipinski definition) is 7. The Morgan fingerprint density at radius 2 is 1.07 bits per heavy atom. The molecule has 0 bridgehead atoms. The largest absolute Gasteiger partial charge is 0.351 e. The molecule has 0 aliphatic rings. The van der Waals surface area contributed by atoms with Crippen LogP contribution < -0.4 is 33.2 Å². The molecule has 0 heterocycles. The summed E-state index contributed by atoms with van der Waals surface area (Å²) in [5.41, 5.74) is 15.9. The third-order valence-electron chi connectivity index (χ3n) is 1.58. The maximum atomic E-state index is 9.90. The van der Waals surface area contributed by atoms with E-state index in [1.54, 1.807) is 0 Å². The van der Waals surface area contributed by atoms with E-state index >= 15 is 0 Å². The van der Waals surface area contributed by atoms with Gasteiger partial charge >= 0.3 is 0 Å². The molecular weight excluding hydrogens is 184 g/mol. The molecular formula is C7H22N6O. The van der Waals surface area contributed by atoms with Crippen LogP contribution in [0.4, 0.5) is 0 Å². The van der Waals surface area contributed by atoms with Crippen LogP contribution in [0.25, 0.3) is 0 Å². The standard InChI is InChI=1S/C7H22N6O/c8-1-4-11-7(14,12-5-2-9)13-6-3-10/h11-14H,1-6,8-10H2. The summed E-state index contributed by atoms with van der Waals surface area (Å²) in [7, 11) is 0. The molecule has 0 unspecified atom stereocenters. The highest BCUT2D eigenvalue weighted by Gasteiger charge is 2.23. The van der Waals surface area contributed by atoms with Crippen LogP contribution in [-0.4, -0.2) is 50.3 Å². The monoisotopic (exact) mass is 206 g/mol. The predicted molar refractivity (Wildman–Crippen MR) is 56.1 cm³/mol. The quantitative estimate of drug-likeness (QED) is 0.193. The van der Waals surface area contributed by atoms with Crippen LogP contribution in [0.3, 0.4) is 0 Å². The fourth-order valence-electron chi connectivity index (χ4n) is 0.947. The van der Waals surface area contributed by atoms with Gasteiger partial charge in [-0.15, -0.1) is 0 Å². The first-order chi connectivity index (χ1) is 6.68. The number of aliphatic hydroxyl groups is 1. The molecule has 10 N–H and O–H groups in total. The SMILES string of the molecule is NCCNC(O)(NCCN)NCCN. The van der Waals surface area contributed by atoms with Crippen LogP contribution in [0, 0.1) is 0 Å². The summed E-state index contributed by atoms with van der Waals surface area (Å²) in [5, 5.41) is 18.3. The normalized spacial score (nSPS) is 12.0. The van der Waals surface area contributed by atoms with E-state index in [0.29, 0.717) is 39.3 Å². The minimum absolute atomic E-state index is 0.441. The van der Waals surface area contributed by atoms with Gasteiger partial charge in [0.25, 0.3) is 0 Å². The molecule has 0 fully saturated rings. The summed E-state index contributed by atoms with van der Waals surface area (Å²) in [4.78, 5) is 0. The summed E-state index contributed by atoms with van der Waals surface area (Å²) in [6, 6.07) is 0. The van der Waals surface area contributed by atoms with Crippen molar-refractivity contribution in [2.24, 2.45) is 17.2 Å². The minimum Gasteiger partial charge on any atom is -0.351 e. The minimum atomic E-state index is -1.34. The third kappa shape index (κ3) is 6.22. The van der Waals surface area contributed by atoms with E-state index in [0.717, 1.165) is 0 Å². The molecule has 0 amide bonds. The highest BCUT2D eigenvalue weighted by molar-refractivity contribution is 4.71. The Bertz CT molecular complexity index is 112. The highest BCUT2D eigenvalue weighted by atomic mass is 16.3. The average Bonchev–Trinajstić information content (AvgIpc) is 2.21. The van der Waals surface area contributed by atoms with Crippen molar-refractivity contribution in [3.8, 4) is 0 Å². The Balaban J connectivity index is 3.89. The predicted octanol–water partition coefficient (Wildman–Crippen LogP) is -3.77. The summed E-state index contributed by atoms with van der Waals surface area (Å²) < 4.78 is 0. The van der Waals surface area contributed by atoms with E-state index in [1.165, 1.54) is 0 Å². The summed E-state index contributed by atoms with van der Waals surface area (Å²) in [6.07, 6.45) is 0. The Morgan fingerprint density at radius 1 is 0.786 bits per heavy atom. The smallest absolute Gasteiger partial charge is 0.233 e. The lowest BCUT2D eigenvalue weighted by Crippen LogP contribution is -2.68. The zero-order chi connectivity index (χ0) is 10.9. The van der Waals surface area contributed by atoms with Crippen LogP contribution in [0.5, 0.6) is 0 Å². The fraction of sp³-hybridized carbons (Fsp3) is 1.00. The second kappa shape index (κ2) is 8.06. The molecule has 0 saturated carbocycles. The van der Waals surface area contributed by atoms with E-state index in [1.807, 2.05) is 0 Å². The molecule has 0 spiro atoms. The molecule has 7 heteroatoms. The second-order valence-corrected chi connectivity index (χ2v) is 2.86. The molecule has 0 aromatic heterocycles. The molecule has 14 heavy (non-hydrogen) atoms. The molecule has 7 nitrogen and oxygen atoms in total. The molecule has 0 rings (SSSR count). The summed E-state index contributed by atoms with van der Waals surface area (Å²) in [6.45, 7) is 2.80. The summed E-state index contributed by atoms with van der Waals surface area (Å²) in [5.74, 6) is -1.34. The van der Waals surface area contributed by atoms with Gasteiger partial charge in [0.1, 0.15) is 0 Å². The molecule has 0 aliphatic carbocycles. The summed E-state index contributed by atoms with van der Waals surface area (Å²) >= 11 is 0. The van der Waals surface area contributed by atoms with Crippen molar-refractivity contribution in [2.45, 2.75) is 5.97 Å². The van der Waals surface area contributed by atoms with Gasteiger partial charge in [-0.25, -0.2) is 0 Å². The lowest BCUT2D eigenvalue weighted by Gasteiger charge is -2.31. The third-order valence-corrected chi connectivity index (χ3v) is 1.58. The van der Waals surface area contributed by atoms with Crippen LogP contribution in [0.15, 0.2) is 0 Å². The van der Waals surface area contributed by atoms with E-state index in [9.17, 15) is 5.11 Å². The van der Waals surface area contributed by atoms with E-state index in [-0.39, 0.29) is 0 Å². The van der Waals surface area contributed by atoms with Gasteiger partial charge in [0.05, 0.1) is 0 Å². The molecule has 0 aliphatic heterocycles. The fourth-order valence-corrected chi connectivity index (χ4v) is 0.947. The van der Waals surface area contributed by atoms with Gasteiger partial charge in [0.2, 0.25) is 5.97 Å². The van der Waals surface area contributed by atoms with Crippen molar-refractivity contribution in [2.75, 3.05) is 39.3 Å². The van der Waals surface area contributed by atoms with Gasteiger partial charge in [-0.3, -0.25) is 16.0 Å². The number of nitrogens with one attached hydrogen (secondary N) is 3. The van der Waals surface area contributed by atoms with Crippen LogP contribution >= 0.6 is 0 Å². The van der Waals surface area contributed by atoms with Crippen molar-refractivity contribution in [3.63, 3.8) is 0 Å². The maximum Gasteiger partial charge on any atom is 0.233 e. The van der Waals surface area contributed by atoms with E-state index < -0.39 is 5.97 Å².